The molecule has 0 aliphatic rings. The van der Waals surface area contributed by atoms with Crippen molar-refractivity contribution in [2.75, 3.05) is 5.32 Å². The number of benzene rings is 3. The van der Waals surface area contributed by atoms with Crippen molar-refractivity contribution in [3.63, 3.8) is 0 Å². The van der Waals surface area contributed by atoms with Crippen LogP contribution in [-0.2, 0) is 4.79 Å². The first-order chi connectivity index (χ1) is 17.6. The van der Waals surface area contributed by atoms with Gasteiger partial charge in [-0.2, -0.15) is 0 Å². The number of phenols is 1. The molecule has 2 amide bonds. The van der Waals surface area contributed by atoms with Gasteiger partial charge in [-0.25, -0.2) is 4.98 Å². The third-order valence-corrected chi connectivity index (χ3v) is 6.45. The van der Waals surface area contributed by atoms with Gasteiger partial charge in [-0.15, -0.1) is 11.3 Å². The number of thiazole rings is 1. The molecule has 2 aromatic heterocycles. The second-order valence-corrected chi connectivity index (χ2v) is 9.01. The lowest BCUT2D eigenvalue weighted by Gasteiger charge is -2.19. The number of carbonyl (C=O) groups excluding carboxylic acids is 2. The van der Waals surface area contributed by atoms with Crippen molar-refractivity contribution in [2.45, 2.75) is 12.5 Å². The molecule has 5 aromatic rings. The minimum atomic E-state index is -0.549. The predicted molar refractivity (Wildman–Crippen MR) is 141 cm³/mol. The molecule has 0 radical (unpaired) electrons. The molecule has 0 saturated carbocycles. The van der Waals surface area contributed by atoms with Gasteiger partial charge in [0.2, 0.25) is 5.91 Å². The molecule has 1 atom stereocenters. The summed E-state index contributed by atoms with van der Waals surface area (Å²) in [7, 11) is 0. The van der Waals surface area contributed by atoms with Gasteiger partial charge in [0.25, 0.3) is 5.91 Å². The molecule has 8 heteroatoms. The third kappa shape index (κ3) is 5.24. The zero-order valence-corrected chi connectivity index (χ0v) is 19.9. The van der Waals surface area contributed by atoms with Crippen LogP contribution in [-0.4, -0.2) is 26.9 Å². The highest BCUT2D eigenvalue weighted by Crippen LogP contribution is 2.29. The SMILES string of the molecule is O=C(CC(NC(=O)c1ccc(O)cc1)c1ccccc1)Nc1nc(-c2nccc3ccccc23)cs1. The molecular formula is C28H22N4O3S. The molecule has 7 nitrogen and oxygen atoms in total. The number of pyridine rings is 1. The number of nitrogens with zero attached hydrogens (tertiary/aromatic N) is 2. The number of aromatic nitrogens is 2. The van der Waals surface area contributed by atoms with Crippen molar-refractivity contribution in [2.24, 2.45) is 0 Å². The fourth-order valence-electron chi connectivity index (χ4n) is 3.91. The zero-order valence-electron chi connectivity index (χ0n) is 19.1. The van der Waals surface area contributed by atoms with Crippen molar-refractivity contribution < 1.29 is 14.7 Å². The van der Waals surface area contributed by atoms with E-state index in [0.717, 1.165) is 22.0 Å². The smallest absolute Gasteiger partial charge is 0.251 e. The molecule has 0 aliphatic heterocycles. The Morgan fingerprint density at radius 1 is 0.917 bits per heavy atom. The first-order valence-corrected chi connectivity index (χ1v) is 12.2. The van der Waals surface area contributed by atoms with Crippen molar-refractivity contribution >= 4 is 39.1 Å². The molecule has 0 bridgehead atoms. The summed E-state index contributed by atoms with van der Waals surface area (Å²) in [5.41, 5.74) is 2.64. The molecule has 0 aliphatic carbocycles. The van der Waals surface area contributed by atoms with E-state index < -0.39 is 6.04 Å². The van der Waals surface area contributed by atoms with Gasteiger partial charge in [-0.3, -0.25) is 14.6 Å². The summed E-state index contributed by atoms with van der Waals surface area (Å²) in [6.07, 6.45) is 1.77. The third-order valence-electron chi connectivity index (χ3n) is 5.69. The summed E-state index contributed by atoms with van der Waals surface area (Å²) >= 11 is 1.32. The minimum Gasteiger partial charge on any atom is -0.508 e. The molecule has 3 aromatic carbocycles. The Morgan fingerprint density at radius 2 is 1.67 bits per heavy atom. The number of amides is 2. The first-order valence-electron chi connectivity index (χ1n) is 11.3. The largest absolute Gasteiger partial charge is 0.508 e. The molecule has 5 rings (SSSR count). The Kier molecular flexibility index (Phi) is 6.68. The lowest BCUT2D eigenvalue weighted by molar-refractivity contribution is -0.116. The monoisotopic (exact) mass is 494 g/mol. The summed E-state index contributed by atoms with van der Waals surface area (Å²) < 4.78 is 0. The maximum absolute atomic E-state index is 13.0. The fourth-order valence-corrected chi connectivity index (χ4v) is 4.62. The van der Waals surface area contributed by atoms with Crippen LogP contribution in [0.5, 0.6) is 5.75 Å². The Morgan fingerprint density at radius 3 is 2.47 bits per heavy atom. The van der Waals surface area contributed by atoms with Crippen LogP contribution in [0.1, 0.15) is 28.4 Å². The highest BCUT2D eigenvalue weighted by molar-refractivity contribution is 7.14. The number of nitrogens with one attached hydrogen (secondary N) is 2. The Balaban J connectivity index is 1.32. The van der Waals surface area contributed by atoms with Crippen molar-refractivity contribution in [1.82, 2.24) is 15.3 Å². The molecule has 2 heterocycles. The Labute approximate surface area is 211 Å². The standard InChI is InChI=1S/C28H22N4O3S/c33-21-12-10-20(11-13-21)27(35)30-23(19-7-2-1-3-8-19)16-25(34)32-28-31-24(17-36-28)26-22-9-5-4-6-18(22)14-15-29-26/h1-15,17,23,33H,16H2,(H,30,35)(H,31,32,34). The van der Waals surface area contributed by atoms with Crippen LogP contribution in [0.25, 0.3) is 22.2 Å². The van der Waals surface area contributed by atoms with Crippen molar-refractivity contribution in [1.29, 1.82) is 0 Å². The number of carbonyl (C=O) groups is 2. The van der Waals surface area contributed by atoms with E-state index in [-0.39, 0.29) is 24.0 Å². The highest BCUT2D eigenvalue weighted by Gasteiger charge is 2.20. The number of fused-ring (bicyclic) bond motifs is 1. The highest BCUT2D eigenvalue weighted by atomic mass is 32.1. The summed E-state index contributed by atoms with van der Waals surface area (Å²) in [5, 5.41) is 19.7. The number of phenolic OH excluding ortho intramolecular Hbond substituents is 1. The first kappa shape index (κ1) is 23.2. The molecule has 3 N–H and O–H groups in total. The lowest BCUT2D eigenvalue weighted by atomic mass is 10.0. The zero-order chi connectivity index (χ0) is 24.9. The van der Waals surface area contributed by atoms with E-state index >= 15 is 0 Å². The van der Waals surface area contributed by atoms with Gasteiger partial charge in [0.05, 0.1) is 18.2 Å². The lowest BCUT2D eigenvalue weighted by Crippen LogP contribution is -2.31. The summed E-state index contributed by atoms with van der Waals surface area (Å²) in [6, 6.07) is 24.6. The van der Waals surface area contributed by atoms with E-state index in [1.807, 2.05) is 66.0 Å². The average molecular weight is 495 g/mol. The fraction of sp³-hybridized carbons (Fsp3) is 0.0714. The molecule has 0 fully saturated rings. The van der Waals surface area contributed by atoms with Crippen molar-refractivity contribution in [3.05, 3.63) is 108 Å². The van der Waals surface area contributed by atoms with Gasteiger partial charge >= 0.3 is 0 Å². The van der Waals surface area contributed by atoms with E-state index in [1.165, 1.54) is 35.6 Å². The quantitative estimate of drug-likeness (QED) is 0.275. The van der Waals surface area contributed by atoms with Crippen LogP contribution in [0.15, 0.2) is 96.5 Å². The van der Waals surface area contributed by atoms with Gasteiger partial charge in [0.1, 0.15) is 11.4 Å². The van der Waals surface area contributed by atoms with E-state index in [9.17, 15) is 14.7 Å². The molecular weight excluding hydrogens is 472 g/mol. The van der Waals surface area contributed by atoms with Crippen LogP contribution in [0, 0.1) is 0 Å². The van der Waals surface area contributed by atoms with Gasteiger partial charge in [-0.05, 0) is 41.3 Å². The number of hydrogen-bond acceptors (Lipinski definition) is 6. The molecule has 0 saturated heterocycles. The minimum absolute atomic E-state index is 0.0231. The number of rotatable bonds is 7. The maximum Gasteiger partial charge on any atom is 0.251 e. The van der Waals surface area contributed by atoms with Gasteiger partial charge in [0.15, 0.2) is 5.13 Å². The van der Waals surface area contributed by atoms with E-state index in [1.54, 1.807) is 6.20 Å². The molecule has 0 spiro atoms. The number of aromatic hydroxyl groups is 1. The van der Waals surface area contributed by atoms with E-state index in [0.29, 0.717) is 16.4 Å². The second-order valence-electron chi connectivity index (χ2n) is 8.15. The topological polar surface area (TPSA) is 104 Å². The molecule has 36 heavy (non-hydrogen) atoms. The van der Waals surface area contributed by atoms with Crippen LogP contribution in [0.2, 0.25) is 0 Å². The van der Waals surface area contributed by atoms with E-state index in [2.05, 4.69) is 20.6 Å². The normalized spacial score (nSPS) is 11.7. The summed E-state index contributed by atoms with van der Waals surface area (Å²) in [6.45, 7) is 0. The van der Waals surface area contributed by atoms with Crippen LogP contribution < -0.4 is 10.6 Å². The van der Waals surface area contributed by atoms with Crippen LogP contribution in [0.4, 0.5) is 5.13 Å². The van der Waals surface area contributed by atoms with Gasteiger partial charge in [0, 0.05) is 22.5 Å². The summed E-state index contributed by atoms with van der Waals surface area (Å²) in [5.74, 6) is -0.538. The average Bonchev–Trinajstić information content (AvgIpc) is 3.37. The maximum atomic E-state index is 13.0. The van der Waals surface area contributed by atoms with Crippen LogP contribution >= 0.6 is 11.3 Å². The number of anilines is 1. The summed E-state index contributed by atoms with van der Waals surface area (Å²) in [4.78, 5) is 34.9. The predicted octanol–water partition coefficient (Wildman–Crippen LogP) is 5.56. The Bertz CT molecular complexity index is 1510. The van der Waals surface area contributed by atoms with Crippen LogP contribution in [0.3, 0.4) is 0 Å². The van der Waals surface area contributed by atoms with Gasteiger partial charge < -0.3 is 15.7 Å². The molecule has 178 valence electrons. The second kappa shape index (κ2) is 10.4. The van der Waals surface area contributed by atoms with Gasteiger partial charge in [-0.1, -0.05) is 54.6 Å². The Hall–Kier alpha value is -4.56. The number of hydrogen-bond donors (Lipinski definition) is 3. The van der Waals surface area contributed by atoms with E-state index in [4.69, 9.17) is 0 Å². The molecule has 1 unspecified atom stereocenters. The van der Waals surface area contributed by atoms with Crippen molar-refractivity contribution in [3.8, 4) is 17.1 Å².